The summed E-state index contributed by atoms with van der Waals surface area (Å²) >= 11 is 1.83. The van der Waals surface area contributed by atoms with Crippen LogP contribution in [0.3, 0.4) is 0 Å². The molecule has 3 rings (SSSR count). The second kappa shape index (κ2) is 6.23. The molecule has 3 nitrogen and oxygen atoms in total. The zero-order valence-corrected chi connectivity index (χ0v) is 14.2. The van der Waals surface area contributed by atoms with Gasteiger partial charge in [0.2, 0.25) is 5.91 Å². The van der Waals surface area contributed by atoms with Crippen molar-refractivity contribution >= 4 is 22.9 Å². The molecule has 1 atom stereocenters. The highest BCUT2D eigenvalue weighted by molar-refractivity contribution is 7.10. The van der Waals surface area contributed by atoms with Gasteiger partial charge in [-0.05, 0) is 67.5 Å². The van der Waals surface area contributed by atoms with Crippen LogP contribution in [0.5, 0.6) is 0 Å². The summed E-state index contributed by atoms with van der Waals surface area (Å²) in [5.74, 6) is 0.0653. The van der Waals surface area contributed by atoms with E-state index in [1.165, 1.54) is 21.6 Å². The number of hydrogen-bond donors (Lipinski definition) is 1. The average molecular weight is 314 g/mol. The molecule has 0 fully saturated rings. The Morgan fingerprint density at radius 2 is 2.05 bits per heavy atom. The van der Waals surface area contributed by atoms with Crippen LogP contribution in [0.4, 0.5) is 5.69 Å². The summed E-state index contributed by atoms with van der Waals surface area (Å²) in [5, 5.41) is 5.18. The van der Waals surface area contributed by atoms with E-state index in [4.69, 9.17) is 0 Å². The summed E-state index contributed by atoms with van der Waals surface area (Å²) in [6.07, 6.45) is 1.05. The summed E-state index contributed by atoms with van der Waals surface area (Å²) < 4.78 is 0. The fraction of sp³-hybridized carbons (Fsp3) is 0.389. The lowest BCUT2D eigenvalue weighted by atomic mass is 10.0. The standard InChI is InChI=1S/C18H22N2OS/c1-12-8-13(2)10-15(9-12)19-18(21)11-20-6-4-17-16(14(20)3)5-7-22-17/h5,7-10,14H,4,6,11H2,1-3H3,(H,19,21)/t14-/m0/s1. The van der Waals surface area contributed by atoms with Crippen molar-refractivity contribution in [1.82, 2.24) is 4.90 Å². The van der Waals surface area contributed by atoms with E-state index in [1.807, 2.05) is 37.3 Å². The maximum Gasteiger partial charge on any atom is 0.238 e. The molecule has 2 heterocycles. The molecule has 1 amide bonds. The zero-order valence-electron chi connectivity index (χ0n) is 13.3. The number of carbonyl (C=O) groups is 1. The van der Waals surface area contributed by atoms with Crippen molar-refractivity contribution in [2.24, 2.45) is 0 Å². The van der Waals surface area contributed by atoms with Gasteiger partial charge >= 0.3 is 0 Å². The number of hydrogen-bond acceptors (Lipinski definition) is 3. The van der Waals surface area contributed by atoms with Gasteiger partial charge in [0, 0.05) is 23.2 Å². The maximum absolute atomic E-state index is 12.3. The number of benzene rings is 1. The van der Waals surface area contributed by atoms with Gasteiger partial charge in [-0.3, -0.25) is 9.69 Å². The second-order valence-electron chi connectivity index (χ2n) is 6.12. The smallest absolute Gasteiger partial charge is 0.238 e. The third-order valence-electron chi connectivity index (χ3n) is 4.26. The van der Waals surface area contributed by atoms with Gasteiger partial charge in [-0.25, -0.2) is 0 Å². The molecule has 4 heteroatoms. The van der Waals surface area contributed by atoms with Gasteiger partial charge in [-0.15, -0.1) is 11.3 Å². The molecule has 0 radical (unpaired) electrons. The molecular formula is C18H22N2OS. The Balaban J connectivity index is 1.65. The quantitative estimate of drug-likeness (QED) is 0.931. The van der Waals surface area contributed by atoms with Crippen LogP contribution in [0, 0.1) is 13.8 Å². The molecule has 0 saturated carbocycles. The number of rotatable bonds is 3. The van der Waals surface area contributed by atoms with Crippen molar-refractivity contribution in [2.75, 3.05) is 18.4 Å². The first-order valence-electron chi connectivity index (χ1n) is 7.71. The van der Waals surface area contributed by atoms with Gasteiger partial charge < -0.3 is 5.32 Å². The monoisotopic (exact) mass is 314 g/mol. The molecule has 2 aromatic rings. The van der Waals surface area contributed by atoms with E-state index in [9.17, 15) is 4.79 Å². The third-order valence-corrected chi connectivity index (χ3v) is 5.25. The lowest BCUT2D eigenvalue weighted by molar-refractivity contribution is -0.117. The molecule has 1 aromatic heterocycles. The van der Waals surface area contributed by atoms with Crippen LogP contribution in [0.15, 0.2) is 29.6 Å². The second-order valence-corrected chi connectivity index (χ2v) is 7.12. The van der Waals surface area contributed by atoms with E-state index in [2.05, 4.69) is 34.7 Å². The molecule has 0 aliphatic carbocycles. The molecule has 1 aliphatic heterocycles. The number of nitrogens with one attached hydrogen (secondary N) is 1. The van der Waals surface area contributed by atoms with Crippen molar-refractivity contribution in [2.45, 2.75) is 33.2 Å². The van der Waals surface area contributed by atoms with Crippen molar-refractivity contribution in [1.29, 1.82) is 0 Å². The average Bonchev–Trinajstić information content (AvgIpc) is 2.90. The van der Waals surface area contributed by atoms with Crippen molar-refractivity contribution in [3.63, 3.8) is 0 Å². The summed E-state index contributed by atoms with van der Waals surface area (Å²) in [5.41, 5.74) is 4.62. The van der Waals surface area contributed by atoms with Crippen LogP contribution >= 0.6 is 11.3 Å². The Kier molecular flexibility index (Phi) is 4.32. The lowest BCUT2D eigenvalue weighted by Gasteiger charge is -2.32. The van der Waals surface area contributed by atoms with Crippen LogP contribution < -0.4 is 5.32 Å². The number of amides is 1. The number of aryl methyl sites for hydroxylation is 2. The first-order valence-corrected chi connectivity index (χ1v) is 8.59. The Morgan fingerprint density at radius 1 is 1.32 bits per heavy atom. The molecule has 1 N–H and O–H groups in total. The fourth-order valence-electron chi connectivity index (χ4n) is 3.21. The minimum atomic E-state index is 0.0653. The third kappa shape index (κ3) is 3.23. The first kappa shape index (κ1) is 15.3. The highest BCUT2D eigenvalue weighted by atomic mass is 32.1. The zero-order chi connectivity index (χ0) is 15.7. The topological polar surface area (TPSA) is 32.3 Å². The van der Waals surface area contributed by atoms with Crippen LogP contribution in [0.2, 0.25) is 0 Å². The number of nitrogens with zero attached hydrogens (tertiary/aromatic N) is 1. The van der Waals surface area contributed by atoms with E-state index in [0.29, 0.717) is 12.6 Å². The minimum Gasteiger partial charge on any atom is -0.325 e. The van der Waals surface area contributed by atoms with Gasteiger partial charge in [0.05, 0.1) is 6.54 Å². The number of thiophene rings is 1. The molecule has 0 bridgehead atoms. The summed E-state index contributed by atoms with van der Waals surface area (Å²) in [7, 11) is 0. The van der Waals surface area contributed by atoms with Crippen LogP contribution in [-0.2, 0) is 11.2 Å². The van der Waals surface area contributed by atoms with E-state index >= 15 is 0 Å². The Labute approximate surface area is 136 Å². The molecular weight excluding hydrogens is 292 g/mol. The number of anilines is 1. The van der Waals surface area contributed by atoms with Crippen LogP contribution in [0.25, 0.3) is 0 Å². The predicted molar refractivity (Wildman–Crippen MR) is 92.6 cm³/mol. The van der Waals surface area contributed by atoms with E-state index in [1.54, 1.807) is 0 Å². The largest absolute Gasteiger partial charge is 0.325 e. The van der Waals surface area contributed by atoms with Gasteiger partial charge in [0.15, 0.2) is 0 Å². The minimum absolute atomic E-state index is 0.0653. The molecule has 1 aromatic carbocycles. The molecule has 0 saturated heterocycles. The van der Waals surface area contributed by atoms with Crippen molar-refractivity contribution in [3.05, 3.63) is 51.2 Å². The van der Waals surface area contributed by atoms with Gasteiger partial charge in [-0.2, -0.15) is 0 Å². The lowest BCUT2D eigenvalue weighted by Crippen LogP contribution is -2.39. The highest BCUT2D eigenvalue weighted by Crippen LogP contribution is 2.32. The highest BCUT2D eigenvalue weighted by Gasteiger charge is 2.26. The van der Waals surface area contributed by atoms with Gasteiger partial charge in [0.1, 0.15) is 0 Å². The fourth-order valence-corrected chi connectivity index (χ4v) is 4.17. The van der Waals surface area contributed by atoms with Crippen molar-refractivity contribution in [3.8, 4) is 0 Å². The molecule has 1 aliphatic rings. The van der Waals surface area contributed by atoms with Gasteiger partial charge in [0.25, 0.3) is 0 Å². The van der Waals surface area contributed by atoms with Crippen LogP contribution in [0.1, 0.15) is 34.5 Å². The van der Waals surface area contributed by atoms with E-state index in [-0.39, 0.29) is 5.91 Å². The summed E-state index contributed by atoms with van der Waals surface area (Å²) in [4.78, 5) is 16.1. The number of fused-ring (bicyclic) bond motifs is 1. The molecule has 22 heavy (non-hydrogen) atoms. The van der Waals surface area contributed by atoms with E-state index < -0.39 is 0 Å². The van der Waals surface area contributed by atoms with Crippen LogP contribution in [-0.4, -0.2) is 23.9 Å². The predicted octanol–water partition coefficient (Wildman–Crippen LogP) is 3.92. The summed E-state index contributed by atoms with van der Waals surface area (Å²) in [6, 6.07) is 8.65. The summed E-state index contributed by atoms with van der Waals surface area (Å²) in [6.45, 7) is 7.69. The molecule has 116 valence electrons. The Hall–Kier alpha value is -1.65. The normalized spacial score (nSPS) is 18.0. The first-order chi connectivity index (χ1) is 10.5. The number of carbonyl (C=O) groups excluding carboxylic acids is 1. The van der Waals surface area contributed by atoms with Gasteiger partial charge in [-0.1, -0.05) is 6.07 Å². The molecule has 0 unspecified atom stereocenters. The SMILES string of the molecule is Cc1cc(C)cc(NC(=O)CN2CCc3sccc3[C@@H]2C)c1. The van der Waals surface area contributed by atoms with E-state index in [0.717, 1.165) is 18.7 Å². The Morgan fingerprint density at radius 3 is 2.77 bits per heavy atom. The Bertz CT molecular complexity index is 672. The molecule has 0 spiro atoms. The maximum atomic E-state index is 12.3. The van der Waals surface area contributed by atoms with Crippen molar-refractivity contribution < 1.29 is 4.79 Å².